The van der Waals surface area contributed by atoms with E-state index < -0.39 is 0 Å². The first kappa shape index (κ1) is 12.3. The minimum atomic E-state index is -0.294. The third kappa shape index (κ3) is 2.76. The summed E-state index contributed by atoms with van der Waals surface area (Å²) in [5.41, 5.74) is 7.99. The normalized spacial score (nSPS) is 9.94. The summed E-state index contributed by atoms with van der Waals surface area (Å²) in [6.45, 7) is 2.81. The fourth-order valence-corrected chi connectivity index (χ4v) is 1.67. The van der Waals surface area contributed by atoms with Crippen molar-refractivity contribution < 1.29 is 4.39 Å². The Morgan fingerprint density at radius 3 is 2.89 bits per heavy atom. The molecule has 0 aliphatic rings. The molecule has 2 N–H and O–H groups in total. The third-order valence-electron chi connectivity index (χ3n) is 2.65. The number of hydrogen-bond donors (Lipinski definition) is 1. The van der Waals surface area contributed by atoms with Gasteiger partial charge in [0.1, 0.15) is 5.82 Å². The number of rotatable bonds is 2. The molecule has 92 valence electrons. The molecule has 2 rings (SSSR count). The first-order chi connectivity index (χ1) is 8.70. The Kier molecular flexibility index (Phi) is 3.75. The van der Waals surface area contributed by atoms with Gasteiger partial charge >= 0.3 is 0 Å². The van der Waals surface area contributed by atoms with Crippen molar-refractivity contribution in [3.8, 4) is 11.8 Å². The molecule has 0 aliphatic heterocycles. The fraction of sp³-hybridized carbons (Fsp3) is 0.214. The Labute approximate surface area is 105 Å². The Morgan fingerprint density at radius 1 is 1.39 bits per heavy atom. The number of halogens is 1. The first-order valence-corrected chi connectivity index (χ1v) is 5.66. The van der Waals surface area contributed by atoms with E-state index in [-0.39, 0.29) is 12.4 Å². The maximum atomic E-state index is 13.2. The SMILES string of the molecule is Cc1ccnn1Cc1ccc(F)cc1C#CCN. The highest BCUT2D eigenvalue weighted by molar-refractivity contribution is 5.42. The van der Waals surface area contributed by atoms with Crippen LogP contribution in [-0.2, 0) is 6.54 Å². The molecule has 0 saturated heterocycles. The predicted octanol–water partition coefficient (Wildman–Crippen LogP) is 1.69. The molecular weight excluding hydrogens is 229 g/mol. The topological polar surface area (TPSA) is 43.8 Å². The van der Waals surface area contributed by atoms with Gasteiger partial charge in [-0.15, -0.1) is 0 Å². The maximum absolute atomic E-state index is 13.2. The zero-order valence-corrected chi connectivity index (χ0v) is 10.2. The van der Waals surface area contributed by atoms with E-state index >= 15 is 0 Å². The smallest absolute Gasteiger partial charge is 0.124 e. The molecule has 0 amide bonds. The van der Waals surface area contributed by atoms with E-state index in [0.717, 1.165) is 11.3 Å². The number of aromatic nitrogens is 2. The Hall–Kier alpha value is -2.12. The summed E-state index contributed by atoms with van der Waals surface area (Å²) in [7, 11) is 0. The van der Waals surface area contributed by atoms with Crippen molar-refractivity contribution in [3.05, 3.63) is 53.1 Å². The lowest BCUT2D eigenvalue weighted by Crippen LogP contribution is -2.05. The molecule has 1 heterocycles. The fourth-order valence-electron chi connectivity index (χ4n) is 1.67. The van der Waals surface area contributed by atoms with Crippen LogP contribution in [0.25, 0.3) is 0 Å². The van der Waals surface area contributed by atoms with Gasteiger partial charge in [-0.25, -0.2) is 4.39 Å². The highest BCUT2D eigenvalue weighted by Gasteiger charge is 2.05. The average molecular weight is 243 g/mol. The lowest BCUT2D eigenvalue weighted by atomic mass is 10.1. The van der Waals surface area contributed by atoms with Gasteiger partial charge in [0.15, 0.2) is 0 Å². The molecule has 2 aromatic rings. The molecule has 0 bridgehead atoms. The predicted molar refractivity (Wildman–Crippen MR) is 68.4 cm³/mol. The van der Waals surface area contributed by atoms with Crippen molar-refractivity contribution in [1.82, 2.24) is 9.78 Å². The molecule has 0 spiro atoms. The van der Waals surface area contributed by atoms with E-state index in [1.165, 1.54) is 12.1 Å². The molecule has 0 saturated carbocycles. The summed E-state index contributed by atoms with van der Waals surface area (Å²) in [5.74, 6) is 5.34. The van der Waals surface area contributed by atoms with E-state index in [1.54, 1.807) is 12.3 Å². The van der Waals surface area contributed by atoms with Crippen LogP contribution in [0.3, 0.4) is 0 Å². The van der Waals surface area contributed by atoms with Gasteiger partial charge in [0.2, 0.25) is 0 Å². The number of aryl methyl sites for hydroxylation is 1. The van der Waals surface area contributed by atoms with Crippen molar-refractivity contribution in [2.75, 3.05) is 6.54 Å². The van der Waals surface area contributed by atoms with E-state index in [2.05, 4.69) is 16.9 Å². The van der Waals surface area contributed by atoms with Crippen molar-refractivity contribution in [1.29, 1.82) is 0 Å². The Bertz CT molecular complexity index is 605. The molecule has 0 aliphatic carbocycles. The molecule has 0 unspecified atom stereocenters. The monoisotopic (exact) mass is 243 g/mol. The highest BCUT2D eigenvalue weighted by atomic mass is 19.1. The second kappa shape index (κ2) is 5.48. The van der Waals surface area contributed by atoms with E-state index in [0.29, 0.717) is 12.1 Å². The van der Waals surface area contributed by atoms with Crippen LogP contribution in [0.1, 0.15) is 16.8 Å². The van der Waals surface area contributed by atoms with Crippen LogP contribution >= 0.6 is 0 Å². The van der Waals surface area contributed by atoms with Gasteiger partial charge in [-0.3, -0.25) is 4.68 Å². The lowest BCUT2D eigenvalue weighted by Gasteiger charge is -2.07. The molecule has 0 radical (unpaired) electrons. The van der Waals surface area contributed by atoms with Crippen molar-refractivity contribution in [2.45, 2.75) is 13.5 Å². The van der Waals surface area contributed by atoms with Gasteiger partial charge in [0.25, 0.3) is 0 Å². The largest absolute Gasteiger partial charge is 0.320 e. The highest BCUT2D eigenvalue weighted by Crippen LogP contribution is 2.12. The summed E-state index contributed by atoms with van der Waals surface area (Å²) >= 11 is 0. The molecule has 1 aromatic heterocycles. The van der Waals surface area contributed by atoms with Crippen molar-refractivity contribution in [2.24, 2.45) is 5.73 Å². The minimum absolute atomic E-state index is 0.261. The van der Waals surface area contributed by atoms with Gasteiger partial charge in [-0.05, 0) is 30.7 Å². The molecule has 18 heavy (non-hydrogen) atoms. The molecular formula is C14H14FN3. The summed E-state index contributed by atoms with van der Waals surface area (Å²) in [6.07, 6.45) is 1.74. The van der Waals surface area contributed by atoms with Crippen LogP contribution < -0.4 is 5.73 Å². The van der Waals surface area contributed by atoms with Gasteiger partial charge in [0, 0.05) is 17.5 Å². The van der Waals surface area contributed by atoms with Crippen molar-refractivity contribution in [3.63, 3.8) is 0 Å². The van der Waals surface area contributed by atoms with E-state index in [9.17, 15) is 4.39 Å². The number of benzene rings is 1. The number of hydrogen-bond acceptors (Lipinski definition) is 2. The second-order valence-electron chi connectivity index (χ2n) is 3.94. The van der Waals surface area contributed by atoms with E-state index in [4.69, 9.17) is 5.73 Å². The van der Waals surface area contributed by atoms with Crippen LogP contribution in [0.4, 0.5) is 4.39 Å². The molecule has 0 atom stereocenters. The first-order valence-electron chi connectivity index (χ1n) is 5.66. The Balaban J connectivity index is 2.35. The van der Waals surface area contributed by atoms with Crippen molar-refractivity contribution >= 4 is 0 Å². The van der Waals surface area contributed by atoms with Crippen LogP contribution in [0.2, 0.25) is 0 Å². The van der Waals surface area contributed by atoms with Gasteiger partial charge in [0.05, 0.1) is 13.1 Å². The van der Waals surface area contributed by atoms with Gasteiger partial charge < -0.3 is 5.73 Å². The van der Waals surface area contributed by atoms with Crippen LogP contribution in [-0.4, -0.2) is 16.3 Å². The average Bonchev–Trinajstić information content (AvgIpc) is 2.75. The quantitative estimate of drug-likeness (QED) is 0.816. The zero-order chi connectivity index (χ0) is 13.0. The molecule has 1 aromatic carbocycles. The van der Waals surface area contributed by atoms with Gasteiger partial charge in [-0.2, -0.15) is 5.10 Å². The summed E-state index contributed by atoms with van der Waals surface area (Å²) in [4.78, 5) is 0. The minimum Gasteiger partial charge on any atom is -0.320 e. The zero-order valence-electron chi connectivity index (χ0n) is 10.2. The molecule has 4 heteroatoms. The maximum Gasteiger partial charge on any atom is 0.124 e. The van der Waals surface area contributed by atoms with Gasteiger partial charge in [-0.1, -0.05) is 17.9 Å². The van der Waals surface area contributed by atoms with Crippen LogP contribution in [0.15, 0.2) is 30.5 Å². The number of nitrogens with zero attached hydrogens (tertiary/aromatic N) is 2. The second-order valence-corrected chi connectivity index (χ2v) is 3.94. The van der Waals surface area contributed by atoms with Crippen LogP contribution in [0.5, 0.6) is 0 Å². The molecule has 3 nitrogen and oxygen atoms in total. The summed E-state index contributed by atoms with van der Waals surface area (Å²) in [6, 6.07) is 6.52. The molecule has 0 fully saturated rings. The lowest BCUT2D eigenvalue weighted by molar-refractivity contribution is 0.622. The number of nitrogens with two attached hydrogens (primary N) is 1. The standard InChI is InChI=1S/C14H14FN3/c1-11-6-8-17-18(11)10-13-4-5-14(15)9-12(13)3-2-7-16/h4-6,8-9H,7,10,16H2,1H3. The summed E-state index contributed by atoms with van der Waals surface area (Å²) in [5, 5.41) is 4.20. The van der Waals surface area contributed by atoms with Crippen LogP contribution in [0, 0.1) is 24.6 Å². The third-order valence-corrected chi connectivity index (χ3v) is 2.65. The summed E-state index contributed by atoms with van der Waals surface area (Å²) < 4.78 is 15.1. The van der Waals surface area contributed by atoms with E-state index in [1.807, 2.05) is 17.7 Å². The Morgan fingerprint density at radius 2 is 2.22 bits per heavy atom.